The first kappa shape index (κ1) is 25.1. The van der Waals surface area contributed by atoms with Gasteiger partial charge in [-0.3, -0.25) is 19.2 Å². The number of halogens is 2. The SMILES string of the molecule is CCOC1OC(=O)CC1NC(=O)C1CCCN1C(=O)C(C)NC(=O)c1cc(Cl)c(O)c(Cl)c1. The second kappa shape index (κ2) is 10.6. The fourth-order valence-electron chi connectivity index (χ4n) is 3.84. The van der Waals surface area contributed by atoms with Crippen LogP contribution >= 0.6 is 23.2 Å². The molecule has 2 fully saturated rings. The number of carbonyl (C=O) groups excluding carboxylic acids is 4. The largest absolute Gasteiger partial charge is 0.505 e. The van der Waals surface area contributed by atoms with Gasteiger partial charge in [-0.05, 0) is 38.8 Å². The number of phenols is 1. The normalized spacial score (nSPS) is 23.2. The summed E-state index contributed by atoms with van der Waals surface area (Å²) in [5, 5.41) is 14.8. The van der Waals surface area contributed by atoms with Gasteiger partial charge in [-0.1, -0.05) is 23.2 Å². The number of esters is 1. The van der Waals surface area contributed by atoms with Crippen LogP contribution in [0.4, 0.5) is 0 Å². The lowest BCUT2D eigenvalue weighted by atomic mass is 10.1. The van der Waals surface area contributed by atoms with Crippen LogP contribution in [-0.4, -0.2) is 71.3 Å². The number of hydrogen-bond acceptors (Lipinski definition) is 7. The molecule has 180 valence electrons. The number of aromatic hydroxyl groups is 1. The van der Waals surface area contributed by atoms with E-state index < -0.39 is 48.1 Å². The van der Waals surface area contributed by atoms with Gasteiger partial charge in [0.1, 0.15) is 18.1 Å². The fourth-order valence-corrected chi connectivity index (χ4v) is 4.33. The summed E-state index contributed by atoms with van der Waals surface area (Å²) in [5.41, 5.74) is 0.0750. The topological polar surface area (TPSA) is 134 Å². The van der Waals surface area contributed by atoms with Gasteiger partial charge in [0.15, 0.2) is 5.75 Å². The zero-order chi connectivity index (χ0) is 24.3. The Labute approximate surface area is 200 Å². The number of carbonyl (C=O) groups is 4. The zero-order valence-electron chi connectivity index (χ0n) is 18.1. The molecule has 3 rings (SSSR count). The minimum Gasteiger partial charge on any atom is -0.505 e. The molecular formula is C21H25Cl2N3O7. The molecule has 1 aromatic rings. The molecule has 2 aliphatic heterocycles. The summed E-state index contributed by atoms with van der Waals surface area (Å²) in [5.74, 6) is -2.27. The highest BCUT2D eigenvalue weighted by molar-refractivity contribution is 6.37. The number of rotatable bonds is 7. The number of cyclic esters (lactones) is 1. The first-order chi connectivity index (χ1) is 15.6. The molecule has 0 saturated carbocycles. The molecule has 3 amide bonds. The number of nitrogens with zero attached hydrogens (tertiary/aromatic N) is 1. The quantitative estimate of drug-likeness (QED) is 0.483. The first-order valence-corrected chi connectivity index (χ1v) is 11.3. The van der Waals surface area contributed by atoms with E-state index in [1.807, 2.05) is 0 Å². The van der Waals surface area contributed by atoms with E-state index in [1.54, 1.807) is 6.92 Å². The molecule has 10 nitrogen and oxygen atoms in total. The molecule has 3 N–H and O–H groups in total. The van der Waals surface area contributed by atoms with Gasteiger partial charge in [0.25, 0.3) is 5.91 Å². The highest BCUT2D eigenvalue weighted by Gasteiger charge is 2.41. The van der Waals surface area contributed by atoms with Crippen molar-refractivity contribution in [1.29, 1.82) is 0 Å². The molecule has 2 heterocycles. The molecule has 0 aliphatic carbocycles. The molecule has 33 heavy (non-hydrogen) atoms. The number of benzene rings is 1. The average molecular weight is 502 g/mol. The van der Waals surface area contributed by atoms with E-state index >= 15 is 0 Å². The third-order valence-corrected chi connectivity index (χ3v) is 6.03. The molecule has 0 radical (unpaired) electrons. The molecule has 12 heteroatoms. The van der Waals surface area contributed by atoms with Crippen LogP contribution in [0.3, 0.4) is 0 Å². The molecule has 4 unspecified atom stereocenters. The van der Waals surface area contributed by atoms with E-state index in [-0.39, 0.29) is 27.8 Å². The molecular weight excluding hydrogens is 477 g/mol. The number of amides is 3. The van der Waals surface area contributed by atoms with Crippen molar-refractivity contribution in [1.82, 2.24) is 15.5 Å². The fraction of sp³-hybridized carbons (Fsp3) is 0.524. The predicted molar refractivity (Wildman–Crippen MR) is 118 cm³/mol. The molecule has 2 saturated heterocycles. The summed E-state index contributed by atoms with van der Waals surface area (Å²) >= 11 is 11.7. The van der Waals surface area contributed by atoms with Gasteiger partial charge in [0.05, 0.1) is 16.5 Å². The molecule has 0 bridgehead atoms. The van der Waals surface area contributed by atoms with Crippen LogP contribution in [0, 0.1) is 0 Å². The summed E-state index contributed by atoms with van der Waals surface area (Å²) in [4.78, 5) is 51.4. The van der Waals surface area contributed by atoms with E-state index in [0.29, 0.717) is 26.0 Å². The van der Waals surface area contributed by atoms with Crippen LogP contribution in [0.5, 0.6) is 5.75 Å². The van der Waals surface area contributed by atoms with Crippen LogP contribution in [0.15, 0.2) is 12.1 Å². The number of phenolic OH excluding ortho intramolecular Hbond substituents is 1. The standard InChI is InChI=1S/C21H25Cl2N3O7/c1-3-32-21-14(9-16(27)33-21)25-19(30)15-5-4-6-26(15)20(31)10(2)24-18(29)11-7-12(22)17(28)13(23)8-11/h7-8,10,14-15,21,28H,3-6,9H2,1-2H3,(H,24,29)(H,25,30). The minimum absolute atomic E-state index is 0.0126. The van der Waals surface area contributed by atoms with Crippen molar-refractivity contribution < 1.29 is 33.8 Å². The highest BCUT2D eigenvalue weighted by Crippen LogP contribution is 2.32. The minimum atomic E-state index is -0.940. The van der Waals surface area contributed by atoms with Crippen LogP contribution in [-0.2, 0) is 23.9 Å². The van der Waals surface area contributed by atoms with Gasteiger partial charge in [0.2, 0.25) is 18.1 Å². The number of likely N-dealkylation sites (tertiary alicyclic amines) is 1. The third-order valence-electron chi connectivity index (χ3n) is 5.46. The van der Waals surface area contributed by atoms with Crippen molar-refractivity contribution in [3.8, 4) is 5.75 Å². The molecule has 1 aromatic carbocycles. The van der Waals surface area contributed by atoms with Gasteiger partial charge in [-0.15, -0.1) is 0 Å². The van der Waals surface area contributed by atoms with Gasteiger partial charge < -0.3 is 30.1 Å². The summed E-state index contributed by atoms with van der Waals surface area (Å²) in [7, 11) is 0. The second-order valence-corrected chi connectivity index (χ2v) is 8.62. The van der Waals surface area contributed by atoms with E-state index in [0.717, 1.165) is 0 Å². The van der Waals surface area contributed by atoms with E-state index in [9.17, 15) is 24.3 Å². The Hall–Kier alpha value is -2.56. The number of ether oxygens (including phenoxy) is 2. The van der Waals surface area contributed by atoms with Crippen molar-refractivity contribution in [2.24, 2.45) is 0 Å². The highest BCUT2D eigenvalue weighted by atomic mass is 35.5. The first-order valence-electron chi connectivity index (χ1n) is 10.5. The Morgan fingerprint density at radius 2 is 1.97 bits per heavy atom. The number of hydrogen-bond donors (Lipinski definition) is 3. The van der Waals surface area contributed by atoms with Crippen LogP contribution in [0.1, 0.15) is 43.5 Å². The van der Waals surface area contributed by atoms with Gasteiger partial charge >= 0.3 is 5.97 Å². The summed E-state index contributed by atoms with van der Waals surface area (Å²) in [6, 6.07) is 0.156. The van der Waals surface area contributed by atoms with Crippen LogP contribution in [0.2, 0.25) is 10.0 Å². The van der Waals surface area contributed by atoms with E-state index in [1.165, 1.54) is 24.0 Å². The lowest BCUT2D eigenvalue weighted by Gasteiger charge is -2.28. The summed E-state index contributed by atoms with van der Waals surface area (Å²) in [6.45, 7) is 3.92. The van der Waals surface area contributed by atoms with Gasteiger partial charge in [0, 0.05) is 18.7 Å². The van der Waals surface area contributed by atoms with Crippen LogP contribution in [0.25, 0.3) is 0 Å². The summed E-state index contributed by atoms with van der Waals surface area (Å²) in [6.07, 6.45) is 0.186. The van der Waals surface area contributed by atoms with Crippen molar-refractivity contribution in [2.75, 3.05) is 13.2 Å². The Kier molecular flexibility index (Phi) is 8.04. The van der Waals surface area contributed by atoms with E-state index in [2.05, 4.69) is 10.6 Å². The van der Waals surface area contributed by atoms with Crippen molar-refractivity contribution in [3.63, 3.8) is 0 Å². The maximum Gasteiger partial charge on any atom is 0.310 e. The smallest absolute Gasteiger partial charge is 0.310 e. The maximum atomic E-state index is 13.0. The Morgan fingerprint density at radius 3 is 2.61 bits per heavy atom. The van der Waals surface area contributed by atoms with Gasteiger partial charge in [-0.2, -0.15) is 0 Å². The van der Waals surface area contributed by atoms with Crippen molar-refractivity contribution >= 4 is 46.9 Å². The van der Waals surface area contributed by atoms with Crippen LogP contribution < -0.4 is 10.6 Å². The van der Waals surface area contributed by atoms with E-state index in [4.69, 9.17) is 32.7 Å². The monoisotopic (exact) mass is 501 g/mol. The lowest BCUT2D eigenvalue weighted by molar-refractivity contribution is -0.164. The summed E-state index contributed by atoms with van der Waals surface area (Å²) < 4.78 is 10.4. The Balaban J connectivity index is 1.63. The Bertz CT molecular complexity index is 935. The van der Waals surface area contributed by atoms with Crippen molar-refractivity contribution in [3.05, 3.63) is 27.7 Å². The average Bonchev–Trinajstić information content (AvgIpc) is 3.38. The predicted octanol–water partition coefficient (Wildman–Crippen LogP) is 1.60. The third kappa shape index (κ3) is 5.69. The lowest BCUT2D eigenvalue weighted by Crippen LogP contribution is -2.54. The van der Waals surface area contributed by atoms with Crippen molar-refractivity contribution in [2.45, 2.75) is 57.5 Å². The molecule has 0 aromatic heterocycles. The number of nitrogens with one attached hydrogen (secondary N) is 2. The zero-order valence-corrected chi connectivity index (χ0v) is 19.6. The molecule has 0 spiro atoms. The Morgan fingerprint density at radius 1 is 1.30 bits per heavy atom. The molecule has 2 aliphatic rings. The van der Waals surface area contributed by atoms with Gasteiger partial charge in [-0.25, -0.2) is 0 Å². The second-order valence-electron chi connectivity index (χ2n) is 7.81. The maximum absolute atomic E-state index is 13.0. The molecule has 4 atom stereocenters.